The number of nitrogens with zero attached hydrogens (tertiary/aromatic N) is 1. The Morgan fingerprint density at radius 3 is 2.52 bits per heavy atom. The number of carbonyl (C=O) groups is 3. The number of Topliss-reactive ketones (excluding diaryl/α,β-unsaturated/α-hetero) is 1. The lowest BCUT2D eigenvalue weighted by molar-refractivity contribution is -0.124. The van der Waals surface area contributed by atoms with Crippen molar-refractivity contribution in [2.45, 2.75) is 18.4 Å². The monoisotopic (exact) mass is 392 g/mol. The van der Waals surface area contributed by atoms with E-state index in [0.29, 0.717) is 48.4 Å². The Bertz CT molecular complexity index is 992. The number of hydrogen-bond acceptors (Lipinski definition) is 5. The van der Waals surface area contributed by atoms with E-state index in [-0.39, 0.29) is 11.7 Å². The number of carbonyl (C=O) groups excluding carboxylic acids is 3. The molecule has 7 nitrogen and oxygen atoms in total. The number of hydrogen-bond donors (Lipinski definition) is 2. The van der Waals surface area contributed by atoms with Gasteiger partial charge in [0.25, 0.3) is 11.8 Å². The van der Waals surface area contributed by atoms with Crippen LogP contribution in [0.5, 0.6) is 5.75 Å². The summed E-state index contributed by atoms with van der Waals surface area (Å²) >= 11 is 0. The number of likely N-dealkylation sites (tertiary alicyclic amines) is 1. The third-order valence-electron chi connectivity index (χ3n) is 5.38. The highest BCUT2D eigenvalue weighted by molar-refractivity contribution is 6.08. The van der Waals surface area contributed by atoms with Crippen LogP contribution in [0.3, 0.4) is 0 Å². The van der Waals surface area contributed by atoms with E-state index < -0.39 is 11.5 Å². The number of piperidine rings is 1. The number of hydroxylamine groups is 1. The maximum atomic E-state index is 13.1. The molecule has 4 rings (SSSR count). The predicted molar refractivity (Wildman–Crippen MR) is 105 cm³/mol. The summed E-state index contributed by atoms with van der Waals surface area (Å²) in [4.78, 5) is 38.6. The molecule has 1 fully saturated rings. The van der Waals surface area contributed by atoms with Crippen LogP contribution in [0.25, 0.3) is 6.08 Å². The minimum atomic E-state index is -0.944. The van der Waals surface area contributed by atoms with Crippen LogP contribution in [0, 0.1) is 0 Å². The molecule has 29 heavy (non-hydrogen) atoms. The number of amides is 2. The summed E-state index contributed by atoms with van der Waals surface area (Å²) in [6.45, 7) is 0.883. The first kappa shape index (κ1) is 18.9. The molecule has 2 aromatic carbocycles. The third-order valence-corrected chi connectivity index (χ3v) is 5.38. The van der Waals surface area contributed by atoms with Crippen LogP contribution >= 0.6 is 0 Å². The van der Waals surface area contributed by atoms with Gasteiger partial charge >= 0.3 is 0 Å². The standard InChI is InChI=1S/C22H20N2O5/c25-19(23-28)9-7-15-6-8-18-17(14-15)20(26)22(29-18)10-12-24(13-11-22)21(27)16-4-2-1-3-5-16/h1-9,14,28H,10-13H2,(H,23,25)/b9-7+. The fourth-order valence-corrected chi connectivity index (χ4v) is 3.79. The molecular weight excluding hydrogens is 372 g/mol. The van der Waals surface area contributed by atoms with Crippen LogP contribution in [0.4, 0.5) is 0 Å². The van der Waals surface area contributed by atoms with Crippen molar-refractivity contribution in [1.29, 1.82) is 0 Å². The highest BCUT2D eigenvalue weighted by atomic mass is 16.5. The van der Waals surface area contributed by atoms with E-state index in [1.807, 2.05) is 18.2 Å². The summed E-state index contributed by atoms with van der Waals surface area (Å²) in [5, 5.41) is 8.56. The molecule has 0 saturated carbocycles. The Kier molecular flexibility index (Phi) is 4.90. The molecule has 2 heterocycles. The summed E-state index contributed by atoms with van der Waals surface area (Å²) in [6, 6.07) is 14.2. The fourth-order valence-electron chi connectivity index (χ4n) is 3.79. The molecule has 2 N–H and O–H groups in total. The molecule has 2 aliphatic rings. The van der Waals surface area contributed by atoms with Crippen LogP contribution in [0.1, 0.15) is 39.1 Å². The average Bonchev–Trinajstić information content (AvgIpc) is 3.03. The maximum absolute atomic E-state index is 13.1. The molecule has 7 heteroatoms. The Morgan fingerprint density at radius 2 is 1.83 bits per heavy atom. The summed E-state index contributed by atoms with van der Waals surface area (Å²) in [7, 11) is 0. The Hall–Kier alpha value is -3.45. The van der Waals surface area contributed by atoms with E-state index in [4.69, 9.17) is 9.94 Å². The second-order valence-electron chi connectivity index (χ2n) is 7.15. The van der Waals surface area contributed by atoms with Crippen molar-refractivity contribution >= 4 is 23.7 Å². The number of benzene rings is 2. The van der Waals surface area contributed by atoms with Gasteiger partial charge in [-0.2, -0.15) is 0 Å². The Labute approximate surface area is 167 Å². The van der Waals surface area contributed by atoms with Crippen molar-refractivity contribution in [3.05, 3.63) is 71.3 Å². The molecule has 2 aromatic rings. The van der Waals surface area contributed by atoms with Crippen LogP contribution in [0.15, 0.2) is 54.6 Å². The minimum absolute atomic E-state index is 0.0435. The molecule has 1 spiro atoms. The van der Waals surface area contributed by atoms with Gasteiger partial charge < -0.3 is 9.64 Å². The molecule has 1 saturated heterocycles. The van der Waals surface area contributed by atoms with E-state index in [9.17, 15) is 14.4 Å². The van der Waals surface area contributed by atoms with Crippen molar-refractivity contribution < 1.29 is 24.3 Å². The van der Waals surface area contributed by atoms with E-state index in [2.05, 4.69) is 0 Å². The van der Waals surface area contributed by atoms with Gasteiger partial charge in [0.15, 0.2) is 5.60 Å². The molecule has 0 aliphatic carbocycles. The topological polar surface area (TPSA) is 95.9 Å². The van der Waals surface area contributed by atoms with Crippen LogP contribution < -0.4 is 10.2 Å². The number of fused-ring (bicyclic) bond motifs is 1. The van der Waals surface area contributed by atoms with Gasteiger partial charge in [0.05, 0.1) is 5.56 Å². The quantitative estimate of drug-likeness (QED) is 0.475. The smallest absolute Gasteiger partial charge is 0.267 e. The first-order valence-electron chi connectivity index (χ1n) is 9.37. The van der Waals surface area contributed by atoms with E-state index in [1.165, 1.54) is 17.6 Å². The summed E-state index contributed by atoms with van der Waals surface area (Å²) < 4.78 is 6.05. The zero-order valence-corrected chi connectivity index (χ0v) is 15.6. The molecule has 2 amide bonds. The predicted octanol–water partition coefficient (Wildman–Crippen LogP) is 2.46. The zero-order chi connectivity index (χ0) is 20.4. The summed E-state index contributed by atoms with van der Waals surface area (Å²) in [5.74, 6) is -0.277. The number of ether oxygens (including phenoxy) is 1. The van der Waals surface area contributed by atoms with Gasteiger partial charge in [0.2, 0.25) is 5.78 Å². The highest BCUT2D eigenvalue weighted by Gasteiger charge is 2.50. The fraction of sp³-hybridized carbons (Fsp3) is 0.227. The molecule has 0 unspecified atom stereocenters. The number of rotatable bonds is 3. The molecular formula is C22H20N2O5. The average molecular weight is 392 g/mol. The minimum Gasteiger partial charge on any atom is -0.478 e. The first-order valence-corrected chi connectivity index (χ1v) is 9.37. The Morgan fingerprint density at radius 1 is 1.10 bits per heavy atom. The molecule has 148 valence electrons. The second kappa shape index (κ2) is 7.52. The van der Waals surface area contributed by atoms with Gasteiger partial charge in [-0.15, -0.1) is 0 Å². The lowest BCUT2D eigenvalue weighted by atomic mass is 9.85. The van der Waals surface area contributed by atoms with E-state index in [1.54, 1.807) is 35.2 Å². The summed E-state index contributed by atoms with van der Waals surface area (Å²) in [5.41, 5.74) is 2.33. The molecule has 2 aliphatic heterocycles. The van der Waals surface area contributed by atoms with Gasteiger partial charge in [-0.1, -0.05) is 24.3 Å². The lowest BCUT2D eigenvalue weighted by Crippen LogP contribution is -2.51. The van der Waals surface area contributed by atoms with Crippen LogP contribution in [-0.2, 0) is 4.79 Å². The number of ketones is 1. The van der Waals surface area contributed by atoms with Gasteiger partial charge in [-0.3, -0.25) is 19.6 Å². The second-order valence-corrected chi connectivity index (χ2v) is 7.15. The van der Waals surface area contributed by atoms with Crippen LogP contribution in [0.2, 0.25) is 0 Å². The van der Waals surface area contributed by atoms with Crippen LogP contribution in [-0.4, -0.2) is 46.4 Å². The van der Waals surface area contributed by atoms with Gasteiger partial charge in [0.1, 0.15) is 5.75 Å². The van der Waals surface area contributed by atoms with Crippen molar-refractivity contribution in [1.82, 2.24) is 10.4 Å². The third kappa shape index (κ3) is 3.52. The van der Waals surface area contributed by atoms with Gasteiger partial charge in [-0.05, 0) is 35.9 Å². The maximum Gasteiger partial charge on any atom is 0.267 e. The highest BCUT2D eigenvalue weighted by Crippen LogP contribution is 2.41. The van der Waals surface area contributed by atoms with Gasteiger partial charge in [0, 0.05) is 37.6 Å². The SMILES string of the molecule is O=C(/C=C/c1ccc2c(c1)C(=O)C1(CCN(C(=O)c3ccccc3)CC1)O2)NO. The normalized spacial score (nSPS) is 17.3. The Balaban J connectivity index is 1.48. The molecule has 0 aromatic heterocycles. The van der Waals surface area contributed by atoms with Gasteiger partial charge in [-0.25, -0.2) is 5.48 Å². The van der Waals surface area contributed by atoms with Crippen molar-refractivity contribution in [2.75, 3.05) is 13.1 Å². The van der Waals surface area contributed by atoms with E-state index >= 15 is 0 Å². The first-order chi connectivity index (χ1) is 14.0. The van der Waals surface area contributed by atoms with Crippen molar-refractivity contribution in [2.24, 2.45) is 0 Å². The molecule has 0 radical (unpaired) electrons. The van der Waals surface area contributed by atoms with E-state index in [0.717, 1.165) is 0 Å². The number of nitrogens with one attached hydrogen (secondary N) is 1. The van der Waals surface area contributed by atoms with Crippen molar-refractivity contribution in [3.63, 3.8) is 0 Å². The van der Waals surface area contributed by atoms with Crippen molar-refractivity contribution in [3.8, 4) is 5.75 Å². The molecule has 0 atom stereocenters. The zero-order valence-electron chi connectivity index (χ0n) is 15.6. The molecule has 0 bridgehead atoms. The largest absolute Gasteiger partial charge is 0.478 e. The lowest BCUT2D eigenvalue weighted by Gasteiger charge is -2.37. The summed E-state index contributed by atoms with van der Waals surface area (Å²) in [6.07, 6.45) is 3.53.